The molecule has 9 heteroatoms. The van der Waals surface area contributed by atoms with Gasteiger partial charge in [-0.05, 0) is 36.4 Å². The summed E-state index contributed by atoms with van der Waals surface area (Å²) in [6, 6.07) is 10.4. The van der Waals surface area contributed by atoms with E-state index in [1.54, 1.807) is 61.6 Å². The van der Waals surface area contributed by atoms with Gasteiger partial charge in [0.05, 0.1) is 14.2 Å². The van der Waals surface area contributed by atoms with Gasteiger partial charge >= 0.3 is 0 Å². The summed E-state index contributed by atoms with van der Waals surface area (Å²) in [6.07, 6.45) is 1.64. The minimum absolute atomic E-state index is 0.125. The van der Waals surface area contributed by atoms with Crippen molar-refractivity contribution in [1.82, 2.24) is 15.0 Å². The molecule has 1 amide bonds. The van der Waals surface area contributed by atoms with Crippen molar-refractivity contribution < 1.29 is 28.3 Å². The van der Waals surface area contributed by atoms with Crippen molar-refractivity contribution in [2.75, 3.05) is 27.6 Å². The number of carbonyl (C=O) groups excluding carboxylic acids is 1. The molecular formula is C22H21N3O6. The highest BCUT2D eigenvalue weighted by atomic mass is 16.7. The average Bonchev–Trinajstić information content (AvgIpc) is 3.46. The number of hydrogen-bond donors (Lipinski definition) is 0. The van der Waals surface area contributed by atoms with Crippen molar-refractivity contribution in [3.8, 4) is 34.4 Å². The van der Waals surface area contributed by atoms with Crippen molar-refractivity contribution in [3.05, 3.63) is 60.5 Å². The van der Waals surface area contributed by atoms with E-state index in [1.807, 2.05) is 0 Å². The van der Waals surface area contributed by atoms with E-state index >= 15 is 0 Å². The maximum atomic E-state index is 13.0. The lowest BCUT2D eigenvalue weighted by Crippen LogP contribution is -2.30. The highest BCUT2D eigenvalue weighted by Crippen LogP contribution is 2.33. The first-order valence-electron chi connectivity index (χ1n) is 9.47. The topological polar surface area (TPSA) is 96.2 Å². The van der Waals surface area contributed by atoms with E-state index in [0.29, 0.717) is 52.4 Å². The molecule has 2 aromatic carbocycles. The lowest BCUT2D eigenvalue weighted by atomic mass is 10.1. The van der Waals surface area contributed by atoms with Crippen LogP contribution in [0.2, 0.25) is 0 Å². The molecule has 0 spiro atoms. The van der Waals surface area contributed by atoms with Gasteiger partial charge < -0.3 is 28.4 Å². The molecule has 160 valence electrons. The SMILES string of the molecule is C=CCN(Cc1nc(-c2ccc(OC)c(OC)c2)no1)C(=O)c1ccc2c(c1)OCO2. The molecule has 3 aromatic rings. The highest BCUT2D eigenvalue weighted by Gasteiger charge is 2.22. The smallest absolute Gasteiger partial charge is 0.254 e. The molecule has 0 fully saturated rings. The van der Waals surface area contributed by atoms with Crippen LogP contribution in [0.4, 0.5) is 0 Å². The zero-order valence-corrected chi connectivity index (χ0v) is 17.2. The Morgan fingerprint density at radius 3 is 2.71 bits per heavy atom. The molecule has 0 N–H and O–H groups in total. The number of benzene rings is 2. The Morgan fingerprint density at radius 1 is 1.13 bits per heavy atom. The van der Waals surface area contributed by atoms with Crippen LogP contribution in [-0.4, -0.2) is 48.5 Å². The second-order valence-electron chi connectivity index (χ2n) is 6.62. The number of fused-ring (bicyclic) bond motifs is 1. The van der Waals surface area contributed by atoms with Crippen LogP contribution in [0.5, 0.6) is 23.0 Å². The summed E-state index contributed by atoms with van der Waals surface area (Å²) in [5.41, 5.74) is 1.16. The van der Waals surface area contributed by atoms with Crippen LogP contribution in [0, 0.1) is 0 Å². The van der Waals surface area contributed by atoms with E-state index in [0.717, 1.165) is 0 Å². The quantitative estimate of drug-likeness (QED) is 0.509. The molecule has 1 aliphatic heterocycles. The van der Waals surface area contributed by atoms with Gasteiger partial charge in [0.15, 0.2) is 23.0 Å². The van der Waals surface area contributed by atoms with E-state index in [2.05, 4.69) is 16.7 Å². The molecule has 0 aliphatic carbocycles. The third kappa shape index (κ3) is 4.16. The maximum absolute atomic E-state index is 13.0. The molecule has 0 saturated carbocycles. The number of carbonyl (C=O) groups is 1. The van der Waals surface area contributed by atoms with Gasteiger partial charge in [0.25, 0.3) is 5.91 Å². The summed E-state index contributed by atoms with van der Waals surface area (Å²) in [5.74, 6) is 2.76. The van der Waals surface area contributed by atoms with Crippen LogP contribution in [0.1, 0.15) is 16.2 Å². The molecule has 1 aliphatic rings. The van der Waals surface area contributed by atoms with Crippen LogP contribution in [-0.2, 0) is 6.54 Å². The number of ether oxygens (including phenoxy) is 4. The van der Waals surface area contributed by atoms with Gasteiger partial charge in [-0.25, -0.2) is 0 Å². The molecule has 1 aromatic heterocycles. The zero-order chi connectivity index (χ0) is 21.8. The molecule has 0 radical (unpaired) electrons. The molecular weight excluding hydrogens is 402 g/mol. The van der Waals surface area contributed by atoms with Crippen LogP contribution in [0.15, 0.2) is 53.6 Å². The normalized spacial score (nSPS) is 11.8. The summed E-state index contributed by atoms with van der Waals surface area (Å²) >= 11 is 0. The van der Waals surface area contributed by atoms with Gasteiger partial charge in [-0.3, -0.25) is 4.79 Å². The third-order valence-corrected chi connectivity index (χ3v) is 4.69. The summed E-state index contributed by atoms with van der Waals surface area (Å²) in [5, 5.41) is 4.03. The molecule has 2 heterocycles. The van der Waals surface area contributed by atoms with Gasteiger partial charge in [-0.2, -0.15) is 4.98 Å². The van der Waals surface area contributed by atoms with Crippen LogP contribution in [0.3, 0.4) is 0 Å². The predicted octanol–water partition coefficient (Wildman–Crippen LogP) is 3.31. The second kappa shape index (κ2) is 8.78. The first-order valence-corrected chi connectivity index (χ1v) is 9.47. The lowest BCUT2D eigenvalue weighted by molar-refractivity contribution is 0.0745. The number of methoxy groups -OCH3 is 2. The summed E-state index contributed by atoms with van der Waals surface area (Å²) in [6.45, 7) is 4.31. The number of amides is 1. The molecule has 4 rings (SSSR count). The van der Waals surface area contributed by atoms with Gasteiger partial charge in [0.1, 0.15) is 6.54 Å². The number of nitrogens with zero attached hydrogens (tertiary/aromatic N) is 3. The monoisotopic (exact) mass is 423 g/mol. The van der Waals surface area contributed by atoms with Crippen molar-refractivity contribution in [2.24, 2.45) is 0 Å². The summed E-state index contributed by atoms with van der Waals surface area (Å²) in [4.78, 5) is 19.0. The lowest BCUT2D eigenvalue weighted by Gasteiger charge is -2.19. The molecule has 0 unspecified atom stereocenters. The van der Waals surface area contributed by atoms with E-state index in [-0.39, 0.29) is 19.2 Å². The molecule has 31 heavy (non-hydrogen) atoms. The van der Waals surface area contributed by atoms with Crippen LogP contribution < -0.4 is 18.9 Å². The minimum Gasteiger partial charge on any atom is -0.493 e. The summed E-state index contributed by atoms with van der Waals surface area (Å²) in [7, 11) is 3.12. The summed E-state index contributed by atoms with van der Waals surface area (Å²) < 4.78 is 26.6. The fourth-order valence-electron chi connectivity index (χ4n) is 3.16. The number of rotatable bonds is 8. The van der Waals surface area contributed by atoms with E-state index in [1.165, 1.54) is 0 Å². The standard InChI is InChI=1S/C22H21N3O6/c1-4-9-25(22(26)15-6-8-17-19(11-15)30-13-29-17)12-20-23-21(24-31-20)14-5-7-16(27-2)18(10-14)28-3/h4-8,10-11H,1,9,12-13H2,2-3H3. The van der Waals surface area contributed by atoms with Crippen LogP contribution >= 0.6 is 0 Å². The van der Waals surface area contributed by atoms with Crippen molar-refractivity contribution in [3.63, 3.8) is 0 Å². The van der Waals surface area contributed by atoms with Gasteiger partial charge in [-0.15, -0.1) is 6.58 Å². The Morgan fingerprint density at radius 2 is 1.94 bits per heavy atom. The number of aromatic nitrogens is 2. The van der Waals surface area contributed by atoms with E-state index in [4.69, 9.17) is 23.5 Å². The Balaban J connectivity index is 1.53. The molecule has 9 nitrogen and oxygen atoms in total. The van der Waals surface area contributed by atoms with Crippen molar-refractivity contribution >= 4 is 5.91 Å². The fourth-order valence-corrected chi connectivity index (χ4v) is 3.16. The van der Waals surface area contributed by atoms with E-state index < -0.39 is 0 Å². The van der Waals surface area contributed by atoms with Gasteiger partial charge in [0, 0.05) is 17.7 Å². The van der Waals surface area contributed by atoms with Crippen LogP contribution in [0.25, 0.3) is 11.4 Å². The van der Waals surface area contributed by atoms with Crippen molar-refractivity contribution in [1.29, 1.82) is 0 Å². The predicted molar refractivity (Wildman–Crippen MR) is 110 cm³/mol. The third-order valence-electron chi connectivity index (χ3n) is 4.69. The second-order valence-corrected chi connectivity index (χ2v) is 6.62. The van der Waals surface area contributed by atoms with Gasteiger partial charge in [-0.1, -0.05) is 11.2 Å². The molecule has 0 saturated heterocycles. The highest BCUT2D eigenvalue weighted by molar-refractivity contribution is 5.95. The van der Waals surface area contributed by atoms with Gasteiger partial charge in [0.2, 0.25) is 18.5 Å². The largest absolute Gasteiger partial charge is 0.493 e. The number of hydrogen-bond acceptors (Lipinski definition) is 8. The van der Waals surface area contributed by atoms with Crippen molar-refractivity contribution in [2.45, 2.75) is 6.54 Å². The Hall–Kier alpha value is -4.01. The molecule has 0 bridgehead atoms. The average molecular weight is 423 g/mol. The fraction of sp³-hybridized carbons (Fsp3) is 0.227. The maximum Gasteiger partial charge on any atom is 0.254 e. The first-order chi connectivity index (χ1) is 15.1. The Kier molecular flexibility index (Phi) is 5.74. The zero-order valence-electron chi connectivity index (χ0n) is 17.2. The first kappa shape index (κ1) is 20.3. The Bertz CT molecular complexity index is 1110. The molecule has 0 atom stereocenters. The minimum atomic E-state index is -0.218. The Labute approximate surface area is 178 Å². The van der Waals surface area contributed by atoms with E-state index in [9.17, 15) is 4.79 Å².